The Balaban J connectivity index is 1.86. The van der Waals surface area contributed by atoms with Gasteiger partial charge in [0.1, 0.15) is 5.75 Å². The SMILES string of the molecule is COc1ccc(-c2nnc(SCC(=O)N(C(C)C)C(C)C)n2C2CCCCC2)cc1. The zero-order valence-corrected chi connectivity index (χ0v) is 19.6. The van der Waals surface area contributed by atoms with Crippen LogP contribution in [0.4, 0.5) is 0 Å². The molecule has 0 saturated heterocycles. The summed E-state index contributed by atoms with van der Waals surface area (Å²) in [6, 6.07) is 8.72. The van der Waals surface area contributed by atoms with Crippen LogP contribution in [0.3, 0.4) is 0 Å². The van der Waals surface area contributed by atoms with Crippen LogP contribution in [0, 0.1) is 0 Å². The number of hydrogen-bond donors (Lipinski definition) is 0. The number of ether oxygens (including phenoxy) is 1. The van der Waals surface area contributed by atoms with E-state index in [9.17, 15) is 4.79 Å². The average molecular weight is 431 g/mol. The highest BCUT2D eigenvalue weighted by molar-refractivity contribution is 7.99. The number of nitrogens with zero attached hydrogens (tertiary/aromatic N) is 4. The summed E-state index contributed by atoms with van der Waals surface area (Å²) in [6.07, 6.45) is 6.00. The highest BCUT2D eigenvalue weighted by Gasteiger charge is 2.26. The van der Waals surface area contributed by atoms with Gasteiger partial charge in [-0.25, -0.2) is 0 Å². The summed E-state index contributed by atoms with van der Waals surface area (Å²) < 4.78 is 7.57. The topological polar surface area (TPSA) is 60.3 Å². The first-order valence-electron chi connectivity index (χ1n) is 11.0. The van der Waals surface area contributed by atoms with Gasteiger partial charge >= 0.3 is 0 Å². The second-order valence-corrected chi connectivity index (χ2v) is 9.42. The van der Waals surface area contributed by atoms with E-state index in [-0.39, 0.29) is 18.0 Å². The van der Waals surface area contributed by atoms with Gasteiger partial charge in [-0.15, -0.1) is 10.2 Å². The molecule has 1 heterocycles. The number of benzene rings is 1. The highest BCUT2D eigenvalue weighted by atomic mass is 32.2. The number of amides is 1. The monoisotopic (exact) mass is 430 g/mol. The smallest absolute Gasteiger partial charge is 0.233 e. The van der Waals surface area contributed by atoms with Crippen LogP contribution in [0.25, 0.3) is 11.4 Å². The molecule has 1 aliphatic rings. The third kappa shape index (κ3) is 5.17. The number of aromatic nitrogens is 3. The highest BCUT2D eigenvalue weighted by Crippen LogP contribution is 2.36. The molecule has 1 fully saturated rings. The molecule has 1 aromatic heterocycles. The molecular weight excluding hydrogens is 396 g/mol. The second-order valence-electron chi connectivity index (χ2n) is 8.47. The summed E-state index contributed by atoms with van der Waals surface area (Å²) in [5.74, 6) is 2.23. The first-order valence-corrected chi connectivity index (χ1v) is 11.9. The van der Waals surface area contributed by atoms with Gasteiger partial charge in [-0.1, -0.05) is 31.0 Å². The lowest BCUT2D eigenvalue weighted by Crippen LogP contribution is -2.43. The minimum Gasteiger partial charge on any atom is -0.497 e. The van der Waals surface area contributed by atoms with Gasteiger partial charge in [0.05, 0.1) is 12.9 Å². The van der Waals surface area contributed by atoms with Crippen molar-refractivity contribution < 1.29 is 9.53 Å². The van der Waals surface area contributed by atoms with E-state index in [1.165, 1.54) is 31.0 Å². The standard InChI is InChI=1S/C23H34N4O2S/c1-16(2)26(17(3)4)21(28)15-30-23-25-24-22(18-11-13-20(29-5)14-12-18)27(23)19-9-7-6-8-10-19/h11-14,16-17,19H,6-10,15H2,1-5H3. The molecule has 0 N–H and O–H groups in total. The lowest BCUT2D eigenvalue weighted by molar-refractivity contribution is -0.131. The van der Waals surface area contributed by atoms with Crippen molar-refractivity contribution >= 4 is 17.7 Å². The van der Waals surface area contributed by atoms with Gasteiger partial charge in [0.25, 0.3) is 0 Å². The van der Waals surface area contributed by atoms with E-state index in [1.54, 1.807) is 7.11 Å². The Bertz CT molecular complexity index is 818. The molecule has 3 rings (SSSR count). The van der Waals surface area contributed by atoms with E-state index in [2.05, 4.69) is 42.5 Å². The third-order valence-corrected chi connectivity index (χ3v) is 6.61. The van der Waals surface area contributed by atoms with Crippen molar-refractivity contribution in [2.24, 2.45) is 0 Å². The number of hydrogen-bond acceptors (Lipinski definition) is 5. The van der Waals surface area contributed by atoms with E-state index >= 15 is 0 Å². The van der Waals surface area contributed by atoms with Crippen molar-refractivity contribution in [2.45, 2.75) is 83.1 Å². The lowest BCUT2D eigenvalue weighted by Gasteiger charge is -2.31. The van der Waals surface area contributed by atoms with Gasteiger partial charge in [0.2, 0.25) is 5.91 Å². The molecule has 0 radical (unpaired) electrons. The Hall–Kier alpha value is -2.02. The fourth-order valence-electron chi connectivity index (χ4n) is 4.35. The summed E-state index contributed by atoms with van der Waals surface area (Å²) in [4.78, 5) is 14.8. The zero-order chi connectivity index (χ0) is 21.7. The molecule has 0 aliphatic heterocycles. The van der Waals surface area contributed by atoms with Crippen molar-refractivity contribution in [3.8, 4) is 17.1 Å². The zero-order valence-electron chi connectivity index (χ0n) is 18.8. The molecule has 1 aromatic carbocycles. The predicted octanol–water partition coefficient (Wildman–Crippen LogP) is 5.20. The molecule has 0 unspecified atom stereocenters. The second kappa shape index (κ2) is 10.3. The maximum atomic E-state index is 12.9. The fraction of sp³-hybridized carbons (Fsp3) is 0.609. The number of thioether (sulfide) groups is 1. The molecule has 1 saturated carbocycles. The van der Waals surface area contributed by atoms with E-state index < -0.39 is 0 Å². The average Bonchev–Trinajstić information content (AvgIpc) is 3.16. The Morgan fingerprint density at radius 1 is 1.10 bits per heavy atom. The summed E-state index contributed by atoms with van der Waals surface area (Å²) in [6.45, 7) is 8.26. The van der Waals surface area contributed by atoms with Crippen molar-refractivity contribution in [1.29, 1.82) is 0 Å². The van der Waals surface area contributed by atoms with Gasteiger partial charge in [0, 0.05) is 23.7 Å². The first kappa shape index (κ1) is 22.7. The molecule has 1 aliphatic carbocycles. The van der Waals surface area contributed by atoms with Gasteiger partial charge in [-0.2, -0.15) is 0 Å². The minimum atomic E-state index is 0.147. The molecule has 2 aromatic rings. The first-order chi connectivity index (χ1) is 14.4. The largest absolute Gasteiger partial charge is 0.497 e. The maximum absolute atomic E-state index is 12.9. The van der Waals surface area contributed by atoms with Crippen molar-refractivity contribution in [3.63, 3.8) is 0 Å². The van der Waals surface area contributed by atoms with E-state index in [0.717, 1.165) is 35.1 Å². The van der Waals surface area contributed by atoms with Crippen LogP contribution in [-0.2, 0) is 4.79 Å². The van der Waals surface area contributed by atoms with Crippen molar-refractivity contribution in [3.05, 3.63) is 24.3 Å². The summed E-state index contributed by atoms with van der Waals surface area (Å²) >= 11 is 1.51. The molecule has 30 heavy (non-hydrogen) atoms. The van der Waals surface area contributed by atoms with Gasteiger partial charge in [-0.05, 0) is 64.8 Å². The van der Waals surface area contributed by atoms with Gasteiger partial charge in [-0.3, -0.25) is 9.36 Å². The Morgan fingerprint density at radius 3 is 2.30 bits per heavy atom. The van der Waals surface area contributed by atoms with Crippen LogP contribution in [-0.4, -0.2) is 50.5 Å². The number of methoxy groups -OCH3 is 1. The fourth-order valence-corrected chi connectivity index (χ4v) is 5.23. The summed E-state index contributed by atoms with van der Waals surface area (Å²) in [5, 5.41) is 9.88. The van der Waals surface area contributed by atoms with Crippen LogP contribution >= 0.6 is 11.8 Å². The summed E-state index contributed by atoms with van der Waals surface area (Å²) in [7, 11) is 1.67. The molecule has 0 bridgehead atoms. The molecule has 0 atom stereocenters. The summed E-state index contributed by atoms with van der Waals surface area (Å²) in [5.41, 5.74) is 1.03. The van der Waals surface area contributed by atoms with Crippen LogP contribution < -0.4 is 4.74 Å². The molecule has 164 valence electrons. The van der Waals surface area contributed by atoms with E-state index in [4.69, 9.17) is 4.74 Å². The third-order valence-electron chi connectivity index (χ3n) is 5.68. The van der Waals surface area contributed by atoms with Gasteiger partial charge in [0.15, 0.2) is 11.0 Å². The normalized spacial score (nSPS) is 15.0. The van der Waals surface area contributed by atoms with E-state index in [1.807, 2.05) is 29.2 Å². The molecular formula is C23H34N4O2S. The molecule has 0 spiro atoms. The van der Waals surface area contributed by atoms with Crippen LogP contribution in [0.2, 0.25) is 0 Å². The molecule has 7 heteroatoms. The lowest BCUT2D eigenvalue weighted by atomic mass is 9.95. The van der Waals surface area contributed by atoms with Crippen LogP contribution in [0.1, 0.15) is 65.8 Å². The molecule has 1 amide bonds. The quantitative estimate of drug-likeness (QED) is 0.539. The Morgan fingerprint density at radius 2 is 1.73 bits per heavy atom. The predicted molar refractivity (Wildman–Crippen MR) is 122 cm³/mol. The van der Waals surface area contributed by atoms with Crippen LogP contribution in [0.5, 0.6) is 5.75 Å². The van der Waals surface area contributed by atoms with Crippen LogP contribution in [0.15, 0.2) is 29.4 Å². The van der Waals surface area contributed by atoms with Crippen molar-refractivity contribution in [1.82, 2.24) is 19.7 Å². The Kier molecular flexibility index (Phi) is 7.81. The number of carbonyl (C=O) groups is 1. The Labute approximate surface area is 184 Å². The molecule has 6 nitrogen and oxygen atoms in total. The number of carbonyl (C=O) groups excluding carboxylic acids is 1. The maximum Gasteiger partial charge on any atom is 0.233 e. The minimum absolute atomic E-state index is 0.147. The van der Waals surface area contributed by atoms with E-state index in [0.29, 0.717) is 11.8 Å². The number of rotatable bonds is 8. The van der Waals surface area contributed by atoms with Crippen molar-refractivity contribution in [2.75, 3.05) is 12.9 Å². The van der Waals surface area contributed by atoms with Gasteiger partial charge < -0.3 is 9.64 Å².